The Hall–Kier alpha value is -2.89. The SMILES string of the molecule is Cc1cccc(C(=O)OCc2nnc(-c3cc(C)oc3C)o2)c1. The molecule has 2 heterocycles. The molecule has 0 aliphatic heterocycles. The highest BCUT2D eigenvalue weighted by atomic mass is 16.5. The highest BCUT2D eigenvalue weighted by Gasteiger charge is 2.16. The predicted octanol–water partition coefficient (Wildman–Crippen LogP) is 3.61. The smallest absolute Gasteiger partial charge is 0.338 e. The lowest BCUT2D eigenvalue weighted by atomic mass is 10.1. The number of hydrogen-bond acceptors (Lipinski definition) is 6. The molecule has 0 saturated carbocycles. The number of ether oxygens (including phenoxy) is 1. The molecular weight excluding hydrogens is 296 g/mol. The molecule has 0 aliphatic carbocycles. The summed E-state index contributed by atoms with van der Waals surface area (Å²) in [5.41, 5.74) is 2.22. The van der Waals surface area contributed by atoms with Crippen LogP contribution in [0.4, 0.5) is 0 Å². The number of aryl methyl sites for hydroxylation is 3. The second-order valence-electron chi connectivity index (χ2n) is 5.27. The van der Waals surface area contributed by atoms with Crippen LogP contribution < -0.4 is 0 Å². The Kier molecular flexibility index (Phi) is 3.97. The molecule has 0 aliphatic rings. The molecule has 0 fully saturated rings. The Labute approximate surface area is 133 Å². The van der Waals surface area contributed by atoms with Crippen molar-refractivity contribution in [2.24, 2.45) is 0 Å². The average Bonchev–Trinajstić information content (AvgIpc) is 3.11. The van der Waals surface area contributed by atoms with Crippen molar-refractivity contribution >= 4 is 5.97 Å². The van der Waals surface area contributed by atoms with Crippen molar-refractivity contribution in [3.05, 3.63) is 58.9 Å². The molecule has 3 aromatic rings. The fourth-order valence-electron chi connectivity index (χ4n) is 2.25. The van der Waals surface area contributed by atoms with Crippen molar-refractivity contribution in [1.82, 2.24) is 10.2 Å². The number of carbonyl (C=O) groups excluding carboxylic acids is 1. The first-order valence-electron chi connectivity index (χ1n) is 7.16. The normalized spacial score (nSPS) is 10.7. The van der Waals surface area contributed by atoms with Crippen LogP contribution >= 0.6 is 0 Å². The van der Waals surface area contributed by atoms with Gasteiger partial charge in [0.2, 0.25) is 0 Å². The molecule has 2 aromatic heterocycles. The third-order valence-corrected chi connectivity index (χ3v) is 3.32. The maximum absolute atomic E-state index is 12.0. The van der Waals surface area contributed by atoms with Crippen LogP contribution in [0.5, 0.6) is 0 Å². The summed E-state index contributed by atoms with van der Waals surface area (Å²) in [6, 6.07) is 9.01. The minimum Gasteiger partial charge on any atom is -0.466 e. The number of furan rings is 1. The lowest BCUT2D eigenvalue weighted by molar-refractivity contribution is 0.0438. The van der Waals surface area contributed by atoms with Gasteiger partial charge in [-0.25, -0.2) is 4.79 Å². The van der Waals surface area contributed by atoms with Crippen LogP contribution in [0.2, 0.25) is 0 Å². The highest BCUT2D eigenvalue weighted by Crippen LogP contribution is 2.25. The molecule has 118 valence electrons. The molecule has 0 atom stereocenters. The highest BCUT2D eigenvalue weighted by molar-refractivity contribution is 5.89. The van der Waals surface area contributed by atoms with Crippen molar-refractivity contribution in [3.63, 3.8) is 0 Å². The van der Waals surface area contributed by atoms with E-state index in [2.05, 4.69) is 10.2 Å². The molecule has 23 heavy (non-hydrogen) atoms. The van der Waals surface area contributed by atoms with Gasteiger partial charge in [-0.05, 0) is 39.0 Å². The number of benzene rings is 1. The Bertz CT molecular complexity index is 848. The Morgan fingerprint density at radius 3 is 2.65 bits per heavy atom. The van der Waals surface area contributed by atoms with Gasteiger partial charge in [0.1, 0.15) is 11.5 Å². The van der Waals surface area contributed by atoms with E-state index < -0.39 is 5.97 Å². The molecular formula is C17H16N2O4. The maximum Gasteiger partial charge on any atom is 0.338 e. The molecule has 6 nitrogen and oxygen atoms in total. The third kappa shape index (κ3) is 3.31. The molecule has 0 spiro atoms. The average molecular weight is 312 g/mol. The van der Waals surface area contributed by atoms with Crippen molar-refractivity contribution in [2.75, 3.05) is 0 Å². The van der Waals surface area contributed by atoms with E-state index in [9.17, 15) is 4.79 Å². The van der Waals surface area contributed by atoms with E-state index >= 15 is 0 Å². The van der Waals surface area contributed by atoms with Gasteiger partial charge in [0.25, 0.3) is 11.8 Å². The van der Waals surface area contributed by atoms with Crippen molar-refractivity contribution in [2.45, 2.75) is 27.4 Å². The van der Waals surface area contributed by atoms with E-state index in [1.54, 1.807) is 18.2 Å². The number of esters is 1. The van der Waals surface area contributed by atoms with Gasteiger partial charge < -0.3 is 13.6 Å². The molecule has 6 heteroatoms. The van der Waals surface area contributed by atoms with Crippen LogP contribution in [-0.4, -0.2) is 16.2 Å². The topological polar surface area (TPSA) is 78.4 Å². The number of nitrogens with zero attached hydrogens (tertiary/aromatic N) is 2. The summed E-state index contributed by atoms with van der Waals surface area (Å²) < 4.78 is 16.1. The van der Waals surface area contributed by atoms with Gasteiger partial charge in [0.05, 0.1) is 11.1 Å². The first kappa shape index (κ1) is 15.0. The molecule has 0 unspecified atom stereocenters. The van der Waals surface area contributed by atoms with Crippen LogP contribution in [0.25, 0.3) is 11.5 Å². The summed E-state index contributed by atoms with van der Waals surface area (Å²) in [5, 5.41) is 7.85. The molecule has 1 aromatic carbocycles. The minimum absolute atomic E-state index is 0.0738. The predicted molar refractivity (Wildman–Crippen MR) is 81.8 cm³/mol. The Balaban J connectivity index is 1.68. The maximum atomic E-state index is 12.0. The molecule has 0 radical (unpaired) electrons. The standard InChI is InChI=1S/C17H16N2O4/c1-10-5-4-6-13(7-10)17(20)21-9-15-18-19-16(23-15)14-8-11(2)22-12(14)3/h4-8H,9H2,1-3H3. The van der Waals surface area contributed by atoms with Crippen LogP contribution in [0, 0.1) is 20.8 Å². The summed E-state index contributed by atoms with van der Waals surface area (Å²) >= 11 is 0. The fraction of sp³-hybridized carbons (Fsp3) is 0.235. The van der Waals surface area contributed by atoms with Gasteiger partial charge >= 0.3 is 5.97 Å². The Morgan fingerprint density at radius 1 is 1.13 bits per heavy atom. The van der Waals surface area contributed by atoms with Crippen LogP contribution in [0.3, 0.4) is 0 Å². The number of aromatic nitrogens is 2. The molecule has 0 amide bonds. The lowest BCUT2D eigenvalue weighted by Crippen LogP contribution is -2.05. The second-order valence-corrected chi connectivity index (χ2v) is 5.27. The minimum atomic E-state index is -0.427. The zero-order chi connectivity index (χ0) is 16.4. The van der Waals surface area contributed by atoms with E-state index in [0.717, 1.165) is 16.9 Å². The van der Waals surface area contributed by atoms with Crippen molar-refractivity contribution in [1.29, 1.82) is 0 Å². The van der Waals surface area contributed by atoms with Crippen LogP contribution in [-0.2, 0) is 11.3 Å². The van der Waals surface area contributed by atoms with Gasteiger partial charge in [-0.1, -0.05) is 17.7 Å². The van der Waals surface area contributed by atoms with E-state index in [0.29, 0.717) is 17.2 Å². The monoisotopic (exact) mass is 312 g/mol. The fourth-order valence-corrected chi connectivity index (χ4v) is 2.25. The number of carbonyl (C=O) groups is 1. The third-order valence-electron chi connectivity index (χ3n) is 3.32. The summed E-state index contributed by atoms with van der Waals surface area (Å²) in [4.78, 5) is 12.0. The quantitative estimate of drug-likeness (QED) is 0.685. The van der Waals surface area contributed by atoms with Gasteiger partial charge in [-0.3, -0.25) is 0 Å². The number of hydrogen-bond donors (Lipinski definition) is 0. The number of rotatable bonds is 4. The summed E-state index contributed by atoms with van der Waals surface area (Å²) in [6.07, 6.45) is 0. The zero-order valence-electron chi connectivity index (χ0n) is 13.1. The summed E-state index contributed by atoms with van der Waals surface area (Å²) in [7, 11) is 0. The first-order valence-corrected chi connectivity index (χ1v) is 7.16. The van der Waals surface area contributed by atoms with Crippen molar-refractivity contribution in [3.8, 4) is 11.5 Å². The molecule has 0 bridgehead atoms. The molecule has 0 N–H and O–H groups in total. The lowest BCUT2D eigenvalue weighted by Gasteiger charge is -2.02. The van der Waals surface area contributed by atoms with Gasteiger partial charge in [-0.2, -0.15) is 0 Å². The van der Waals surface area contributed by atoms with Gasteiger partial charge in [0.15, 0.2) is 6.61 Å². The first-order chi connectivity index (χ1) is 11.0. The zero-order valence-corrected chi connectivity index (χ0v) is 13.1. The van der Waals surface area contributed by atoms with E-state index in [1.807, 2.05) is 32.9 Å². The molecule has 0 saturated heterocycles. The van der Waals surface area contributed by atoms with Crippen LogP contribution in [0.15, 0.2) is 39.2 Å². The summed E-state index contributed by atoms with van der Waals surface area (Å²) in [6.45, 7) is 5.51. The second kappa shape index (κ2) is 6.08. The van der Waals surface area contributed by atoms with E-state index in [4.69, 9.17) is 13.6 Å². The van der Waals surface area contributed by atoms with Crippen molar-refractivity contribution < 1.29 is 18.4 Å². The van der Waals surface area contributed by atoms with E-state index in [-0.39, 0.29) is 12.5 Å². The van der Waals surface area contributed by atoms with Gasteiger partial charge in [-0.15, -0.1) is 10.2 Å². The Morgan fingerprint density at radius 2 is 1.96 bits per heavy atom. The largest absolute Gasteiger partial charge is 0.466 e. The molecule has 3 rings (SSSR count). The van der Waals surface area contributed by atoms with Crippen LogP contribution in [0.1, 0.15) is 33.3 Å². The van der Waals surface area contributed by atoms with E-state index in [1.165, 1.54) is 0 Å². The summed E-state index contributed by atoms with van der Waals surface area (Å²) in [5.74, 6) is 1.63. The van der Waals surface area contributed by atoms with Gasteiger partial charge in [0, 0.05) is 0 Å².